The van der Waals surface area contributed by atoms with Crippen molar-refractivity contribution in [2.45, 2.75) is 57.5 Å². The maximum absolute atomic E-state index is 13.4. The Morgan fingerprint density at radius 3 is 2.63 bits per heavy atom. The van der Waals surface area contributed by atoms with Crippen molar-refractivity contribution >= 4 is 28.6 Å². The zero-order valence-corrected chi connectivity index (χ0v) is 18.1. The van der Waals surface area contributed by atoms with E-state index in [2.05, 4.69) is 12.2 Å². The fraction of sp³-hybridized carbons (Fsp3) is 0.435. The molecule has 0 saturated carbocycles. The van der Waals surface area contributed by atoms with Gasteiger partial charge in [0.25, 0.3) is 0 Å². The van der Waals surface area contributed by atoms with Crippen molar-refractivity contribution in [3.63, 3.8) is 0 Å². The molecule has 1 aromatic carbocycles. The Labute approximate surface area is 180 Å². The molecular formula is C23H27NO5S. The van der Waals surface area contributed by atoms with Gasteiger partial charge in [-0.3, -0.25) is 14.9 Å². The molecule has 30 heavy (non-hydrogen) atoms. The molecule has 7 heteroatoms. The number of hydrogen-bond donors (Lipinski definition) is 2. The van der Waals surface area contributed by atoms with E-state index in [1.54, 1.807) is 6.08 Å². The molecule has 0 spiro atoms. The fourth-order valence-electron chi connectivity index (χ4n) is 3.88. The molecule has 0 aromatic heterocycles. The van der Waals surface area contributed by atoms with E-state index in [9.17, 15) is 14.4 Å². The van der Waals surface area contributed by atoms with Crippen molar-refractivity contribution in [3.05, 3.63) is 58.2 Å². The van der Waals surface area contributed by atoms with E-state index < -0.39 is 24.2 Å². The molecule has 1 aliphatic carbocycles. The first-order valence-electron chi connectivity index (χ1n) is 10.3. The quantitative estimate of drug-likeness (QED) is 0.641. The number of carbonyl (C=O) groups excluding carboxylic acids is 2. The minimum atomic E-state index is -1.11. The van der Waals surface area contributed by atoms with Crippen LogP contribution in [0.1, 0.15) is 57.6 Å². The van der Waals surface area contributed by atoms with E-state index in [0.717, 1.165) is 30.2 Å². The number of hydrogen-bond acceptors (Lipinski definition) is 6. The van der Waals surface area contributed by atoms with Crippen molar-refractivity contribution < 1.29 is 24.2 Å². The lowest BCUT2D eigenvalue weighted by Gasteiger charge is -2.35. The summed E-state index contributed by atoms with van der Waals surface area (Å²) in [6.45, 7) is 3.57. The van der Waals surface area contributed by atoms with Gasteiger partial charge in [-0.15, -0.1) is 0 Å². The van der Waals surface area contributed by atoms with Gasteiger partial charge in [0, 0.05) is 10.5 Å². The van der Waals surface area contributed by atoms with Gasteiger partial charge in [-0.1, -0.05) is 57.0 Å². The lowest BCUT2D eigenvalue weighted by atomic mass is 9.85. The van der Waals surface area contributed by atoms with Gasteiger partial charge in [0.2, 0.25) is 5.12 Å². The van der Waals surface area contributed by atoms with Crippen LogP contribution in [0, 0.1) is 0 Å². The van der Waals surface area contributed by atoms with Crippen molar-refractivity contribution in [3.8, 4) is 0 Å². The van der Waals surface area contributed by atoms with Crippen LogP contribution in [0.25, 0.3) is 0 Å². The van der Waals surface area contributed by atoms with Gasteiger partial charge < -0.3 is 9.84 Å². The summed E-state index contributed by atoms with van der Waals surface area (Å²) in [5.41, 5.74) is 0.731. The maximum atomic E-state index is 13.4. The molecule has 2 aliphatic rings. The predicted octanol–water partition coefficient (Wildman–Crippen LogP) is 4.14. The van der Waals surface area contributed by atoms with Gasteiger partial charge in [0.05, 0.1) is 18.0 Å². The van der Waals surface area contributed by atoms with Crippen LogP contribution in [-0.4, -0.2) is 34.1 Å². The Morgan fingerprint density at radius 1 is 1.27 bits per heavy atom. The number of thioether (sulfide) groups is 1. The molecule has 0 radical (unpaired) electrons. The number of rotatable bonds is 8. The van der Waals surface area contributed by atoms with Crippen LogP contribution in [0.4, 0.5) is 0 Å². The molecule has 1 aliphatic heterocycles. The molecule has 2 atom stereocenters. The predicted molar refractivity (Wildman–Crippen MR) is 116 cm³/mol. The van der Waals surface area contributed by atoms with E-state index >= 15 is 0 Å². The lowest BCUT2D eigenvalue weighted by molar-refractivity contribution is -0.141. The van der Waals surface area contributed by atoms with Gasteiger partial charge in [-0.2, -0.15) is 0 Å². The molecule has 2 N–H and O–H groups in total. The molecule has 0 saturated heterocycles. The first kappa shape index (κ1) is 22.3. The molecule has 6 nitrogen and oxygen atoms in total. The average molecular weight is 430 g/mol. The summed E-state index contributed by atoms with van der Waals surface area (Å²) >= 11 is 1.07. The zero-order valence-electron chi connectivity index (χ0n) is 17.3. The molecule has 0 unspecified atom stereocenters. The molecular weight excluding hydrogens is 402 g/mol. The number of ketones is 1. The standard InChI is InChI=1S/C23H27NO5S/c1-3-5-11-23(4-2)22(28)30-18-13-16(29-14-19(26)27)12-17(25)20(18)21(24-23)15-9-7-6-8-10-15/h6-10,13,21,24H,3-5,11-12,14H2,1-2H3,(H,26,27)/t21-,23+/m0/s1. The van der Waals surface area contributed by atoms with Crippen LogP contribution in [0.2, 0.25) is 0 Å². The van der Waals surface area contributed by atoms with Crippen LogP contribution in [0.5, 0.6) is 0 Å². The second kappa shape index (κ2) is 9.62. The normalized spacial score (nSPS) is 24.2. The SMILES string of the molecule is CCCC[C@@]1(CC)N[C@@H](c2ccccc2)C2=C(C=C(OCC(=O)O)CC2=O)SC1=O. The highest BCUT2D eigenvalue weighted by Gasteiger charge is 2.45. The second-order valence-electron chi connectivity index (χ2n) is 7.59. The van der Waals surface area contributed by atoms with E-state index in [4.69, 9.17) is 9.84 Å². The number of aliphatic carboxylic acids is 1. The highest BCUT2D eigenvalue weighted by atomic mass is 32.2. The van der Waals surface area contributed by atoms with Crippen LogP contribution < -0.4 is 5.32 Å². The number of nitrogens with one attached hydrogen (secondary N) is 1. The molecule has 1 aromatic rings. The van der Waals surface area contributed by atoms with Crippen LogP contribution in [0.15, 0.2) is 52.6 Å². The highest BCUT2D eigenvalue weighted by Crippen LogP contribution is 2.44. The Morgan fingerprint density at radius 2 is 2.00 bits per heavy atom. The highest BCUT2D eigenvalue weighted by molar-refractivity contribution is 8.17. The number of carboxylic acid groups (broad SMARTS) is 1. The average Bonchev–Trinajstić information content (AvgIpc) is 2.86. The summed E-state index contributed by atoms with van der Waals surface area (Å²) < 4.78 is 5.29. The number of unbranched alkanes of at least 4 members (excludes halogenated alkanes) is 1. The largest absolute Gasteiger partial charge is 0.486 e. The number of allylic oxidation sites excluding steroid dienone is 2. The molecule has 1 heterocycles. The Kier molecular flexibility index (Phi) is 7.15. The van der Waals surface area contributed by atoms with Crippen molar-refractivity contribution in [2.24, 2.45) is 0 Å². The third-order valence-electron chi connectivity index (χ3n) is 5.57. The van der Waals surface area contributed by atoms with Crippen molar-refractivity contribution in [1.82, 2.24) is 5.32 Å². The van der Waals surface area contributed by atoms with Gasteiger partial charge in [0.1, 0.15) is 5.76 Å². The minimum Gasteiger partial charge on any atom is -0.486 e. The van der Waals surface area contributed by atoms with Crippen molar-refractivity contribution in [1.29, 1.82) is 0 Å². The molecule has 160 valence electrons. The summed E-state index contributed by atoms with van der Waals surface area (Å²) in [5, 5.41) is 12.4. The Balaban J connectivity index is 2.08. The van der Waals surface area contributed by atoms with Crippen LogP contribution >= 0.6 is 11.8 Å². The number of carboxylic acids is 1. The monoisotopic (exact) mass is 429 g/mol. The van der Waals surface area contributed by atoms with Gasteiger partial charge >= 0.3 is 5.97 Å². The number of Topliss-reactive ketones (excluding diaryl/α,β-unsaturated/α-hetero) is 1. The van der Waals surface area contributed by atoms with Crippen molar-refractivity contribution in [2.75, 3.05) is 6.61 Å². The fourth-order valence-corrected chi connectivity index (χ4v) is 5.11. The maximum Gasteiger partial charge on any atom is 0.341 e. The molecule has 0 amide bonds. The number of ether oxygens (including phenoxy) is 1. The molecule has 0 fully saturated rings. The lowest BCUT2D eigenvalue weighted by Crippen LogP contribution is -2.51. The van der Waals surface area contributed by atoms with E-state index in [1.807, 2.05) is 37.3 Å². The second-order valence-corrected chi connectivity index (χ2v) is 8.60. The summed E-state index contributed by atoms with van der Waals surface area (Å²) in [6, 6.07) is 9.25. The third-order valence-corrected chi connectivity index (χ3v) is 6.70. The summed E-state index contributed by atoms with van der Waals surface area (Å²) in [6.07, 6.45) is 4.82. The minimum absolute atomic E-state index is 0.0139. The third kappa shape index (κ3) is 4.68. The topological polar surface area (TPSA) is 92.7 Å². The smallest absolute Gasteiger partial charge is 0.341 e. The zero-order chi connectivity index (χ0) is 21.7. The van der Waals surface area contributed by atoms with E-state index in [1.165, 1.54) is 0 Å². The summed E-state index contributed by atoms with van der Waals surface area (Å²) in [4.78, 5) is 37.9. The first-order chi connectivity index (χ1) is 14.4. The van der Waals surface area contributed by atoms with Crippen LogP contribution in [0.3, 0.4) is 0 Å². The summed E-state index contributed by atoms with van der Waals surface area (Å²) in [7, 11) is 0. The van der Waals surface area contributed by atoms with Crippen LogP contribution in [-0.2, 0) is 19.1 Å². The van der Waals surface area contributed by atoms with Gasteiger partial charge in [0.15, 0.2) is 12.4 Å². The van der Waals surface area contributed by atoms with Gasteiger partial charge in [-0.25, -0.2) is 4.79 Å². The van der Waals surface area contributed by atoms with E-state index in [0.29, 0.717) is 23.3 Å². The number of carbonyl (C=O) groups is 3. The Bertz CT molecular complexity index is 892. The van der Waals surface area contributed by atoms with E-state index in [-0.39, 0.29) is 23.1 Å². The molecule has 3 rings (SSSR count). The number of benzene rings is 1. The van der Waals surface area contributed by atoms with Gasteiger partial charge in [-0.05, 0) is 36.2 Å². The molecule has 0 bridgehead atoms. The first-order valence-corrected chi connectivity index (χ1v) is 11.1. The Hall–Kier alpha value is -2.38. The summed E-state index contributed by atoms with van der Waals surface area (Å²) in [5.74, 6) is -0.983.